The molecule has 0 saturated heterocycles. The molecule has 148 valence electrons. The van der Waals surface area contributed by atoms with Gasteiger partial charge >= 0.3 is 0 Å². The minimum absolute atomic E-state index is 0.379. The van der Waals surface area contributed by atoms with Crippen molar-refractivity contribution in [3.63, 3.8) is 0 Å². The minimum atomic E-state index is -2.98. The second-order valence-corrected chi connectivity index (χ2v) is 6.93. The van der Waals surface area contributed by atoms with Crippen LogP contribution in [0.15, 0.2) is 36.8 Å². The number of anilines is 1. The van der Waals surface area contributed by atoms with E-state index in [4.69, 9.17) is 0 Å². The summed E-state index contributed by atoms with van der Waals surface area (Å²) in [7, 11) is 0. The number of halogens is 2. The Labute approximate surface area is 161 Å². The van der Waals surface area contributed by atoms with Gasteiger partial charge in [-0.3, -0.25) is 4.79 Å². The number of H-pyrrole nitrogens is 1. The van der Waals surface area contributed by atoms with Crippen LogP contribution in [0.5, 0.6) is 0 Å². The van der Waals surface area contributed by atoms with E-state index in [1.165, 1.54) is 0 Å². The lowest BCUT2D eigenvalue weighted by atomic mass is 9.97. The summed E-state index contributed by atoms with van der Waals surface area (Å²) in [6.07, 6.45) is 5.41. The Balaban J connectivity index is 1.84. The van der Waals surface area contributed by atoms with Crippen molar-refractivity contribution in [1.29, 1.82) is 0 Å². The van der Waals surface area contributed by atoms with Gasteiger partial charge in [-0.1, -0.05) is 6.92 Å². The van der Waals surface area contributed by atoms with Crippen molar-refractivity contribution in [2.45, 2.75) is 38.7 Å². The fourth-order valence-electron chi connectivity index (χ4n) is 2.72. The number of pyridine rings is 1. The molecule has 0 unspecified atom stereocenters. The van der Waals surface area contributed by atoms with Crippen LogP contribution in [-0.2, 0) is 4.79 Å². The number of hydrogen-bond donors (Lipinski definition) is 3. The molecule has 0 radical (unpaired) electrons. The van der Waals surface area contributed by atoms with E-state index < -0.39 is 23.9 Å². The number of rotatable bonds is 7. The van der Waals surface area contributed by atoms with Gasteiger partial charge in [0.05, 0.1) is 6.54 Å². The van der Waals surface area contributed by atoms with Crippen molar-refractivity contribution in [2.75, 3.05) is 11.9 Å². The Morgan fingerprint density at radius 3 is 2.71 bits per heavy atom. The first-order valence-corrected chi connectivity index (χ1v) is 8.92. The van der Waals surface area contributed by atoms with Crippen LogP contribution in [0, 0.1) is 0 Å². The quantitative estimate of drug-likeness (QED) is 0.577. The topological polar surface area (TPSA) is 95.6 Å². The largest absolute Gasteiger partial charge is 0.356 e. The van der Waals surface area contributed by atoms with E-state index in [0.29, 0.717) is 18.1 Å². The van der Waals surface area contributed by atoms with Crippen molar-refractivity contribution in [3.05, 3.63) is 36.8 Å². The first kappa shape index (κ1) is 19.7. The maximum absolute atomic E-state index is 13.1. The summed E-state index contributed by atoms with van der Waals surface area (Å²) in [5.74, 6) is -2.61. The number of nitrogens with zero attached hydrogens (tertiary/aromatic N) is 3. The zero-order valence-corrected chi connectivity index (χ0v) is 15.9. The van der Waals surface area contributed by atoms with Crippen LogP contribution in [0.25, 0.3) is 22.4 Å². The average molecular weight is 388 g/mol. The first-order chi connectivity index (χ1) is 13.2. The van der Waals surface area contributed by atoms with E-state index in [1.807, 2.05) is 12.1 Å². The maximum atomic E-state index is 13.1. The Morgan fingerprint density at radius 1 is 1.21 bits per heavy atom. The highest BCUT2D eigenvalue weighted by Gasteiger charge is 2.33. The number of nitrogens with one attached hydrogen (secondary N) is 3. The van der Waals surface area contributed by atoms with E-state index in [-0.39, 0.29) is 0 Å². The van der Waals surface area contributed by atoms with Gasteiger partial charge in [0.15, 0.2) is 5.82 Å². The summed E-state index contributed by atoms with van der Waals surface area (Å²) in [5, 5.41) is 6.23. The smallest absolute Gasteiger partial charge is 0.262 e. The van der Waals surface area contributed by atoms with Crippen LogP contribution in [0.2, 0.25) is 0 Å². The minimum Gasteiger partial charge on any atom is -0.356 e. The molecule has 0 aromatic carbocycles. The van der Waals surface area contributed by atoms with Gasteiger partial charge in [0.2, 0.25) is 5.91 Å². The van der Waals surface area contributed by atoms with Gasteiger partial charge in [-0.2, -0.15) is 0 Å². The summed E-state index contributed by atoms with van der Waals surface area (Å²) < 4.78 is 26.2. The number of fused-ring (bicyclic) bond motifs is 1. The zero-order chi connectivity index (χ0) is 20.4. The van der Waals surface area contributed by atoms with E-state index in [2.05, 4.69) is 30.6 Å². The molecule has 28 heavy (non-hydrogen) atoms. The second-order valence-electron chi connectivity index (χ2n) is 6.93. The predicted molar refractivity (Wildman–Crippen MR) is 103 cm³/mol. The lowest BCUT2D eigenvalue weighted by Gasteiger charge is -2.29. The Morgan fingerprint density at radius 2 is 2.00 bits per heavy atom. The fourth-order valence-corrected chi connectivity index (χ4v) is 2.72. The third-order valence-corrected chi connectivity index (χ3v) is 4.52. The Bertz CT molecular complexity index is 984. The summed E-state index contributed by atoms with van der Waals surface area (Å²) in [4.78, 5) is 28.6. The number of hydrogen-bond acceptors (Lipinski definition) is 5. The van der Waals surface area contributed by atoms with Crippen molar-refractivity contribution < 1.29 is 13.6 Å². The second kappa shape index (κ2) is 7.49. The molecule has 0 saturated carbocycles. The molecule has 0 aliphatic heterocycles. The molecule has 3 heterocycles. The first-order valence-electron chi connectivity index (χ1n) is 8.92. The monoisotopic (exact) mass is 388 g/mol. The highest BCUT2D eigenvalue weighted by atomic mass is 19.3. The molecule has 3 rings (SSSR count). The molecule has 0 bridgehead atoms. The predicted octanol–water partition coefficient (Wildman–Crippen LogP) is 3.37. The number of carbonyl (C=O) groups is 1. The maximum Gasteiger partial charge on any atom is 0.262 e. The van der Waals surface area contributed by atoms with Gasteiger partial charge in [0, 0.05) is 36.5 Å². The highest BCUT2D eigenvalue weighted by Crippen LogP contribution is 2.26. The van der Waals surface area contributed by atoms with Crippen LogP contribution in [0.3, 0.4) is 0 Å². The van der Waals surface area contributed by atoms with Crippen molar-refractivity contribution in [1.82, 2.24) is 25.3 Å². The van der Waals surface area contributed by atoms with E-state index >= 15 is 0 Å². The lowest BCUT2D eigenvalue weighted by molar-refractivity contribution is -0.126. The van der Waals surface area contributed by atoms with Crippen molar-refractivity contribution >= 4 is 22.8 Å². The molecule has 0 aliphatic rings. The molecule has 0 spiro atoms. The number of alkyl halides is 2. The highest BCUT2D eigenvalue weighted by molar-refractivity contribution is 5.92. The Kier molecular flexibility index (Phi) is 5.26. The molecular weight excluding hydrogens is 366 g/mol. The molecule has 3 N–H and O–H groups in total. The molecule has 9 heteroatoms. The van der Waals surface area contributed by atoms with Crippen LogP contribution >= 0.6 is 0 Å². The van der Waals surface area contributed by atoms with Crippen molar-refractivity contribution in [2.24, 2.45) is 0 Å². The van der Waals surface area contributed by atoms with Gasteiger partial charge in [0.1, 0.15) is 17.0 Å². The molecule has 0 aliphatic carbocycles. The number of aromatic nitrogens is 4. The summed E-state index contributed by atoms with van der Waals surface area (Å²) >= 11 is 0. The summed E-state index contributed by atoms with van der Waals surface area (Å²) in [6.45, 7) is 3.48. The van der Waals surface area contributed by atoms with Crippen LogP contribution in [-0.4, -0.2) is 43.8 Å². The Hall–Kier alpha value is -3.10. The molecule has 7 nitrogen and oxygen atoms in total. The van der Waals surface area contributed by atoms with Gasteiger partial charge in [-0.15, -0.1) is 0 Å². The molecule has 0 fully saturated rings. The fraction of sp³-hybridized carbons (Fsp3) is 0.368. The third-order valence-electron chi connectivity index (χ3n) is 4.52. The van der Waals surface area contributed by atoms with E-state index in [9.17, 15) is 13.6 Å². The van der Waals surface area contributed by atoms with Crippen LogP contribution < -0.4 is 10.6 Å². The number of carbonyl (C=O) groups excluding carboxylic acids is 1. The number of aromatic amines is 1. The zero-order valence-electron chi connectivity index (χ0n) is 15.9. The van der Waals surface area contributed by atoms with Gasteiger partial charge < -0.3 is 15.6 Å². The van der Waals surface area contributed by atoms with Gasteiger partial charge in [-0.25, -0.2) is 23.7 Å². The van der Waals surface area contributed by atoms with E-state index in [0.717, 1.165) is 23.5 Å². The van der Waals surface area contributed by atoms with Crippen LogP contribution in [0.1, 0.15) is 27.2 Å². The van der Waals surface area contributed by atoms with Crippen molar-refractivity contribution in [3.8, 4) is 11.4 Å². The lowest BCUT2D eigenvalue weighted by Crippen LogP contribution is -2.52. The summed E-state index contributed by atoms with van der Waals surface area (Å²) in [5.41, 5.74) is 0.399. The summed E-state index contributed by atoms with van der Waals surface area (Å²) in [6, 6.07) is 5.36. The molecule has 3 aromatic rings. The molecule has 1 atom stereocenters. The van der Waals surface area contributed by atoms with Gasteiger partial charge in [0.25, 0.3) is 5.92 Å². The van der Waals surface area contributed by atoms with Gasteiger partial charge in [-0.05, 0) is 31.5 Å². The SMILES string of the molecule is CC[C@@](C)(Nc1ccnc(-c2c[nH]c3ncccc23)n1)C(=O)NCC(C)(F)F. The molecule has 3 aromatic heterocycles. The standard InChI is InChI=1S/C19H22F2N6O/c1-4-18(2,17(28)25-11-19(3,20)21)27-14-7-9-23-16(26-14)13-10-24-15-12(13)6-5-8-22-15/h5-10H,4,11H2,1-3H3,(H,22,24)(H,25,28)(H,23,26,27)/t18-/m1/s1. The molecule has 1 amide bonds. The normalized spacial score (nSPS) is 13.9. The molecular formula is C19H22F2N6O. The average Bonchev–Trinajstić information content (AvgIpc) is 3.09. The van der Waals surface area contributed by atoms with E-state index in [1.54, 1.807) is 38.5 Å². The van der Waals surface area contributed by atoms with Crippen LogP contribution in [0.4, 0.5) is 14.6 Å². The third kappa shape index (κ3) is 4.24. The number of amides is 1.